The quantitative estimate of drug-likeness (QED) is 0.816. The summed E-state index contributed by atoms with van der Waals surface area (Å²) < 4.78 is 0. The van der Waals surface area contributed by atoms with E-state index >= 15 is 0 Å². The van der Waals surface area contributed by atoms with Crippen LogP contribution in [0, 0.1) is 0 Å². The molecule has 0 saturated heterocycles. The number of carboxylic acids is 1. The number of carbonyl (C=O) groups is 2. The van der Waals surface area contributed by atoms with E-state index in [1.807, 2.05) is 6.92 Å². The molecule has 0 radical (unpaired) electrons. The van der Waals surface area contributed by atoms with Gasteiger partial charge in [-0.25, -0.2) is 4.79 Å². The van der Waals surface area contributed by atoms with Crippen molar-refractivity contribution in [2.24, 2.45) is 0 Å². The van der Waals surface area contributed by atoms with E-state index in [9.17, 15) is 9.59 Å². The highest BCUT2D eigenvalue weighted by atomic mass is 32.1. The summed E-state index contributed by atoms with van der Waals surface area (Å²) in [5.41, 5.74) is 0. The zero-order valence-corrected chi connectivity index (χ0v) is 11.2. The van der Waals surface area contributed by atoms with Gasteiger partial charge in [-0.05, 0) is 6.42 Å². The topological polar surface area (TPSA) is 95.4 Å². The first-order valence-corrected chi connectivity index (χ1v) is 6.41. The van der Waals surface area contributed by atoms with Crippen LogP contribution in [0.1, 0.15) is 24.8 Å². The highest BCUT2D eigenvalue weighted by Crippen LogP contribution is 2.16. The maximum atomic E-state index is 11.7. The van der Waals surface area contributed by atoms with Crippen molar-refractivity contribution >= 4 is 28.5 Å². The van der Waals surface area contributed by atoms with Crippen LogP contribution >= 0.6 is 11.3 Å². The van der Waals surface area contributed by atoms with Gasteiger partial charge in [0.25, 0.3) is 0 Å². The largest absolute Gasteiger partial charge is 0.481 e. The molecule has 1 rings (SSSR count). The SMILES string of the molecule is CCCc1nnc(NC(=O)N(C)CCC(=O)O)s1. The third-order valence-electron chi connectivity index (χ3n) is 2.15. The van der Waals surface area contributed by atoms with E-state index in [1.165, 1.54) is 23.3 Å². The fourth-order valence-corrected chi connectivity index (χ4v) is 2.00. The molecule has 0 aliphatic carbocycles. The average Bonchev–Trinajstić information content (AvgIpc) is 2.73. The Bertz CT molecular complexity index is 421. The minimum Gasteiger partial charge on any atom is -0.481 e. The normalized spacial score (nSPS) is 10.1. The molecule has 1 aromatic heterocycles. The lowest BCUT2D eigenvalue weighted by Crippen LogP contribution is -2.33. The highest BCUT2D eigenvalue weighted by Gasteiger charge is 2.12. The van der Waals surface area contributed by atoms with Gasteiger partial charge < -0.3 is 10.0 Å². The van der Waals surface area contributed by atoms with Gasteiger partial charge in [-0.3, -0.25) is 10.1 Å². The van der Waals surface area contributed by atoms with Crippen molar-refractivity contribution in [1.29, 1.82) is 0 Å². The lowest BCUT2D eigenvalue weighted by atomic mass is 10.4. The van der Waals surface area contributed by atoms with Crippen LogP contribution in [-0.4, -0.2) is 45.8 Å². The van der Waals surface area contributed by atoms with Gasteiger partial charge in [-0.1, -0.05) is 18.3 Å². The van der Waals surface area contributed by atoms with Crippen molar-refractivity contribution in [3.63, 3.8) is 0 Å². The maximum Gasteiger partial charge on any atom is 0.323 e. The van der Waals surface area contributed by atoms with Crippen LogP contribution in [0.4, 0.5) is 9.93 Å². The Labute approximate surface area is 109 Å². The second-order valence-corrected chi connectivity index (χ2v) is 4.81. The Balaban J connectivity index is 2.44. The third-order valence-corrected chi connectivity index (χ3v) is 3.05. The van der Waals surface area contributed by atoms with Gasteiger partial charge in [-0.2, -0.15) is 0 Å². The minimum atomic E-state index is -0.934. The molecule has 0 unspecified atom stereocenters. The Morgan fingerprint density at radius 3 is 2.78 bits per heavy atom. The zero-order valence-electron chi connectivity index (χ0n) is 10.3. The van der Waals surface area contributed by atoms with Crippen LogP contribution in [-0.2, 0) is 11.2 Å². The summed E-state index contributed by atoms with van der Waals surface area (Å²) in [5, 5.41) is 20.2. The van der Waals surface area contributed by atoms with Gasteiger partial charge in [0.05, 0.1) is 6.42 Å². The van der Waals surface area contributed by atoms with E-state index in [0.717, 1.165) is 17.8 Å². The number of hydrogen-bond donors (Lipinski definition) is 2. The fourth-order valence-electron chi connectivity index (χ4n) is 1.17. The molecule has 0 fully saturated rings. The number of carbonyl (C=O) groups excluding carboxylic acids is 1. The molecule has 0 aliphatic rings. The lowest BCUT2D eigenvalue weighted by molar-refractivity contribution is -0.137. The molecule has 0 bridgehead atoms. The van der Waals surface area contributed by atoms with E-state index in [0.29, 0.717) is 5.13 Å². The van der Waals surface area contributed by atoms with E-state index in [4.69, 9.17) is 5.11 Å². The van der Waals surface area contributed by atoms with Crippen molar-refractivity contribution in [2.45, 2.75) is 26.2 Å². The third kappa shape index (κ3) is 4.66. The predicted molar refractivity (Wildman–Crippen MR) is 67.8 cm³/mol. The van der Waals surface area contributed by atoms with Crippen LogP contribution in [0.5, 0.6) is 0 Å². The molecule has 2 amide bonds. The molecule has 0 aliphatic heterocycles. The Morgan fingerprint density at radius 1 is 1.44 bits per heavy atom. The van der Waals surface area contributed by atoms with Gasteiger partial charge in [0.2, 0.25) is 5.13 Å². The van der Waals surface area contributed by atoms with Crippen LogP contribution in [0.3, 0.4) is 0 Å². The molecule has 0 aromatic carbocycles. The maximum absolute atomic E-state index is 11.7. The van der Waals surface area contributed by atoms with Gasteiger partial charge in [0.15, 0.2) is 0 Å². The second-order valence-electron chi connectivity index (χ2n) is 3.75. The number of carboxylic acid groups (broad SMARTS) is 1. The number of hydrogen-bond acceptors (Lipinski definition) is 5. The standard InChI is InChI=1S/C10H16N4O3S/c1-3-4-7-12-13-9(18-7)11-10(17)14(2)6-5-8(15)16/h3-6H2,1-2H3,(H,15,16)(H,11,13,17). The van der Waals surface area contributed by atoms with Crippen LogP contribution in [0.2, 0.25) is 0 Å². The average molecular weight is 272 g/mol. The van der Waals surface area contributed by atoms with E-state index < -0.39 is 5.97 Å². The molecular weight excluding hydrogens is 256 g/mol. The first-order chi connectivity index (χ1) is 8.52. The molecule has 1 heterocycles. The van der Waals surface area contributed by atoms with Gasteiger partial charge in [-0.15, -0.1) is 10.2 Å². The number of anilines is 1. The second kappa shape index (κ2) is 6.90. The lowest BCUT2D eigenvalue weighted by Gasteiger charge is -2.15. The summed E-state index contributed by atoms with van der Waals surface area (Å²) in [6, 6.07) is -0.379. The number of rotatable bonds is 6. The summed E-state index contributed by atoms with van der Waals surface area (Å²) in [7, 11) is 1.53. The smallest absolute Gasteiger partial charge is 0.323 e. The van der Waals surface area contributed by atoms with Crippen molar-refractivity contribution < 1.29 is 14.7 Å². The fraction of sp³-hybridized carbons (Fsp3) is 0.600. The highest BCUT2D eigenvalue weighted by molar-refractivity contribution is 7.15. The predicted octanol–water partition coefficient (Wildman–Crippen LogP) is 1.43. The summed E-state index contributed by atoms with van der Waals surface area (Å²) in [4.78, 5) is 23.3. The van der Waals surface area contributed by atoms with Crippen molar-refractivity contribution in [1.82, 2.24) is 15.1 Å². The summed E-state index contributed by atoms with van der Waals surface area (Å²) in [6.07, 6.45) is 1.73. The number of aromatic nitrogens is 2. The van der Waals surface area contributed by atoms with Crippen molar-refractivity contribution in [2.75, 3.05) is 18.9 Å². The Kier molecular flexibility index (Phi) is 5.50. The molecule has 8 heteroatoms. The molecule has 7 nitrogen and oxygen atoms in total. The van der Waals surface area contributed by atoms with Crippen molar-refractivity contribution in [3.8, 4) is 0 Å². The number of aliphatic carboxylic acids is 1. The molecule has 0 atom stereocenters. The number of amides is 2. The van der Waals surface area contributed by atoms with Crippen molar-refractivity contribution in [3.05, 3.63) is 5.01 Å². The first-order valence-electron chi connectivity index (χ1n) is 5.59. The summed E-state index contributed by atoms with van der Waals surface area (Å²) >= 11 is 1.33. The van der Waals surface area contributed by atoms with Crippen LogP contribution in [0.15, 0.2) is 0 Å². The molecule has 18 heavy (non-hydrogen) atoms. The molecule has 0 spiro atoms. The monoisotopic (exact) mass is 272 g/mol. The Morgan fingerprint density at radius 2 is 2.17 bits per heavy atom. The first kappa shape index (κ1) is 14.4. The van der Waals surface area contributed by atoms with E-state index in [2.05, 4.69) is 15.5 Å². The van der Waals surface area contributed by atoms with Gasteiger partial charge in [0.1, 0.15) is 5.01 Å². The van der Waals surface area contributed by atoms with E-state index in [1.54, 1.807) is 0 Å². The molecule has 100 valence electrons. The molecule has 1 aromatic rings. The molecule has 2 N–H and O–H groups in total. The molecule has 0 saturated carbocycles. The Hall–Kier alpha value is -1.70. The number of urea groups is 1. The number of aryl methyl sites for hydroxylation is 1. The minimum absolute atomic E-state index is 0.0822. The summed E-state index contributed by atoms with van der Waals surface area (Å²) in [6.45, 7) is 2.20. The molecular formula is C10H16N4O3S. The van der Waals surface area contributed by atoms with Gasteiger partial charge in [0, 0.05) is 20.0 Å². The number of nitrogens with zero attached hydrogens (tertiary/aromatic N) is 3. The summed E-state index contributed by atoms with van der Waals surface area (Å²) in [5.74, 6) is -0.934. The van der Waals surface area contributed by atoms with E-state index in [-0.39, 0.29) is 19.0 Å². The van der Waals surface area contributed by atoms with Gasteiger partial charge >= 0.3 is 12.0 Å². The van der Waals surface area contributed by atoms with Crippen LogP contribution < -0.4 is 5.32 Å². The van der Waals surface area contributed by atoms with Crippen LogP contribution in [0.25, 0.3) is 0 Å². The number of nitrogens with one attached hydrogen (secondary N) is 1. The zero-order chi connectivity index (χ0) is 13.5.